The molecule has 0 N–H and O–H groups in total. The highest BCUT2D eigenvalue weighted by atomic mass is 16.6. The van der Waals surface area contributed by atoms with Gasteiger partial charge in [-0.1, -0.05) is 44.2 Å². The fourth-order valence-electron chi connectivity index (χ4n) is 3.23. The first kappa shape index (κ1) is 17.0. The van der Waals surface area contributed by atoms with Crippen molar-refractivity contribution in [3.63, 3.8) is 0 Å². The normalized spacial score (nSPS) is 26.8. The Kier molecular flexibility index (Phi) is 5.65. The van der Waals surface area contributed by atoms with E-state index in [9.17, 15) is 4.79 Å². The third-order valence-corrected chi connectivity index (χ3v) is 4.47. The van der Waals surface area contributed by atoms with Crippen LogP contribution in [-0.2, 0) is 25.6 Å². The lowest BCUT2D eigenvalue weighted by atomic mass is 9.86. The zero-order valence-corrected chi connectivity index (χ0v) is 13.9. The van der Waals surface area contributed by atoms with Crippen molar-refractivity contribution < 1.29 is 19.0 Å². The van der Waals surface area contributed by atoms with Gasteiger partial charge in [0.2, 0.25) is 0 Å². The molecule has 0 aliphatic carbocycles. The minimum atomic E-state index is -0.395. The molecule has 0 radical (unpaired) electrons. The number of esters is 1. The lowest BCUT2D eigenvalue weighted by Crippen LogP contribution is -2.45. The van der Waals surface area contributed by atoms with Gasteiger partial charge in [-0.05, 0) is 18.4 Å². The summed E-state index contributed by atoms with van der Waals surface area (Å²) >= 11 is 0. The highest BCUT2D eigenvalue weighted by Crippen LogP contribution is 2.39. The SMILES string of the molecule is B[C@@H]1OC(CC)(CC)[C@H](OCc2ccccc2)C1OC(C)=O. The molecule has 1 aromatic carbocycles. The smallest absolute Gasteiger partial charge is 0.303 e. The van der Waals surface area contributed by atoms with Gasteiger partial charge in [-0.2, -0.15) is 0 Å². The summed E-state index contributed by atoms with van der Waals surface area (Å²) in [7, 11) is 1.94. The van der Waals surface area contributed by atoms with Crippen molar-refractivity contribution in [2.24, 2.45) is 0 Å². The van der Waals surface area contributed by atoms with Crippen LogP contribution in [0.5, 0.6) is 0 Å². The van der Waals surface area contributed by atoms with E-state index in [1.807, 2.05) is 38.2 Å². The first-order valence-corrected chi connectivity index (χ1v) is 8.03. The number of hydrogen-bond acceptors (Lipinski definition) is 4. The Labute approximate surface area is 133 Å². The second kappa shape index (κ2) is 7.29. The summed E-state index contributed by atoms with van der Waals surface area (Å²) in [6.07, 6.45) is 1.04. The molecule has 0 spiro atoms. The minimum Gasteiger partial charge on any atom is -0.458 e. The standard InChI is InChI=1S/C17H25BO4/c1-4-17(5-2)15(14(16(18)22-17)21-12(3)19)20-11-13-9-7-6-8-10-13/h6-10,14-16H,4-5,11,18H2,1-3H3/t14?,15-,16-/m1/s1. The van der Waals surface area contributed by atoms with Gasteiger partial charge in [0.25, 0.3) is 0 Å². The molecule has 3 atom stereocenters. The van der Waals surface area contributed by atoms with E-state index in [2.05, 4.69) is 13.8 Å². The van der Waals surface area contributed by atoms with Crippen LogP contribution in [0.25, 0.3) is 0 Å². The van der Waals surface area contributed by atoms with Crippen LogP contribution in [0.15, 0.2) is 30.3 Å². The third kappa shape index (κ3) is 3.53. The molecule has 1 fully saturated rings. The van der Waals surface area contributed by atoms with E-state index in [4.69, 9.17) is 14.2 Å². The predicted molar refractivity (Wildman–Crippen MR) is 87.3 cm³/mol. The van der Waals surface area contributed by atoms with Gasteiger partial charge in [0.15, 0.2) is 0 Å². The van der Waals surface area contributed by atoms with Gasteiger partial charge in [0, 0.05) is 6.92 Å². The highest BCUT2D eigenvalue weighted by molar-refractivity contribution is 6.11. The van der Waals surface area contributed by atoms with Crippen molar-refractivity contribution in [2.45, 2.75) is 64.0 Å². The maximum absolute atomic E-state index is 11.4. The molecular weight excluding hydrogens is 279 g/mol. The van der Waals surface area contributed by atoms with E-state index in [0.717, 1.165) is 18.4 Å². The van der Waals surface area contributed by atoms with Gasteiger partial charge in [-0.25, -0.2) is 0 Å². The fraction of sp³-hybridized carbons (Fsp3) is 0.588. The van der Waals surface area contributed by atoms with Crippen LogP contribution in [0, 0.1) is 0 Å². The van der Waals surface area contributed by atoms with Crippen molar-refractivity contribution in [3.05, 3.63) is 35.9 Å². The largest absolute Gasteiger partial charge is 0.458 e. The van der Waals surface area contributed by atoms with Crippen molar-refractivity contribution in [1.29, 1.82) is 0 Å². The summed E-state index contributed by atoms with van der Waals surface area (Å²) in [6, 6.07) is 9.85. The molecule has 0 amide bonds. The molecule has 120 valence electrons. The van der Waals surface area contributed by atoms with Crippen LogP contribution in [0.2, 0.25) is 0 Å². The maximum Gasteiger partial charge on any atom is 0.303 e. The highest BCUT2D eigenvalue weighted by Gasteiger charge is 2.53. The second-order valence-corrected chi connectivity index (χ2v) is 5.89. The Morgan fingerprint density at radius 2 is 1.91 bits per heavy atom. The molecular formula is C17H25BO4. The molecule has 5 heteroatoms. The summed E-state index contributed by atoms with van der Waals surface area (Å²) in [6.45, 7) is 6.09. The molecule has 0 aromatic heterocycles. The Hall–Kier alpha value is -1.33. The van der Waals surface area contributed by atoms with E-state index in [-0.39, 0.29) is 24.2 Å². The quantitative estimate of drug-likeness (QED) is 0.596. The first-order valence-electron chi connectivity index (χ1n) is 8.03. The van der Waals surface area contributed by atoms with Gasteiger partial charge in [0.05, 0.1) is 18.2 Å². The van der Waals surface area contributed by atoms with Crippen molar-refractivity contribution in [2.75, 3.05) is 0 Å². The third-order valence-electron chi connectivity index (χ3n) is 4.47. The zero-order chi connectivity index (χ0) is 16.2. The van der Waals surface area contributed by atoms with E-state index in [1.54, 1.807) is 0 Å². The average molecular weight is 304 g/mol. The Balaban J connectivity index is 2.17. The molecule has 22 heavy (non-hydrogen) atoms. The van der Waals surface area contributed by atoms with Gasteiger partial charge >= 0.3 is 5.97 Å². The Bertz CT molecular complexity index is 487. The molecule has 4 nitrogen and oxygen atoms in total. The Morgan fingerprint density at radius 3 is 2.45 bits per heavy atom. The molecule has 1 saturated heterocycles. The first-order chi connectivity index (χ1) is 10.5. The predicted octanol–water partition coefficient (Wildman–Crippen LogP) is 2.05. The number of rotatable bonds is 6. The van der Waals surface area contributed by atoms with Crippen molar-refractivity contribution in [3.8, 4) is 0 Å². The summed E-state index contributed by atoms with van der Waals surface area (Å²) in [5.74, 6) is -0.295. The number of carbonyl (C=O) groups excluding carboxylic acids is 1. The number of carbonyl (C=O) groups is 1. The van der Waals surface area contributed by atoms with Gasteiger partial charge in [-0.15, -0.1) is 0 Å². The topological polar surface area (TPSA) is 44.8 Å². The summed E-state index contributed by atoms with van der Waals surface area (Å²) < 4.78 is 17.8. The van der Waals surface area contributed by atoms with E-state index in [1.165, 1.54) is 6.92 Å². The minimum absolute atomic E-state index is 0.162. The van der Waals surface area contributed by atoms with Gasteiger partial charge < -0.3 is 14.2 Å². The zero-order valence-electron chi connectivity index (χ0n) is 13.9. The molecule has 1 unspecified atom stereocenters. The van der Waals surface area contributed by atoms with Crippen LogP contribution >= 0.6 is 0 Å². The number of hydrogen-bond donors (Lipinski definition) is 0. The average Bonchev–Trinajstić information content (AvgIpc) is 2.78. The van der Waals surface area contributed by atoms with Crippen molar-refractivity contribution in [1.82, 2.24) is 0 Å². The van der Waals surface area contributed by atoms with E-state index in [0.29, 0.717) is 6.61 Å². The van der Waals surface area contributed by atoms with Gasteiger partial charge in [0.1, 0.15) is 20.1 Å². The van der Waals surface area contributed by atoms with E-state index < -0.39 is 5.60 Å². The molecule has 1 aliphatic heterocycles. The van der Waals surface area contributed by atoms with Crippen LogP contribution in [-0.4, -0.2) is 37.6 Å². The summed E-state index contributed by atoms with van der Waals surface area (Å²) in [5.41, 5.74) is 0.707. The van der Waals surface area contributed by atoms with E-state index >= 15 is 0 Å². The second-order valence-electron chi connectivity index (χ2n) is 5.89. The maximum atomic E-state index is 11.4. The summed E-state index contributed by atoms with van der Waals surface area (Å²) in [4.78, 5) is 11.4. The lowest BCUT2D eigenvalue weighted by molar-refractivity contribution is -0.156. The number of ether oxygens (including phenoxy) is 3. The molecule has 0 bridgehead atoms. The molecule has 1 aliphatic rings. The fourth-order valence-corrected chi connectivity index (χ4v) is 3.23. The summed E-state index contributed by atoms with van der Waals surface area (Å²) in [5, 5.41) is 0. The Morgan fingerprint density at radius 1 is 1.27 bits per heavy atom. The van der Waals surface area contributed by atoms with Crippen LogP contribution in [0.3, 0.4) is 0 Å². The van der Waals surface area contributed by atoms with Crippen LogP contribution in [0.4, 0.5) is 0 Å². The molecule has 1 heterocycles. The monoisotopic (exact) mass is 304 g/mol. The molecule has 1 aromatic rings. The lowest BCUT2D eigenvalue weighted by Gasteiger charge is -2.33. The number of benzene rings is 1. The van der Waals surface area contributed by atoms with Crippen molar-refractivity contribution >= 4 is 13.8 Å². The molecule has 2 rings (SSSR count). The molecule has 0 saturated carbocycles. The van der Waals surface area contributed by atoms with Crippen LogP contribution < -0.4 is 0 Å². The van der Waals surface area contributed by atoms with Crippen LogP contribution in [0.1, 0.15) is 39.2 Å². The van der Waals surface area contributed by atoms with Gasteiger partial charge in [-0.3, -0.25) is 4.79 Å².